The van der Waals surface area contributed by atoms with Gasteiger partial charge in [-0.05, 0) is 13.0 Å². The molecule has 94 valence electrons. The Morgan fingerprint density at radius 3 is 2.71 bits per heavy atom. The van der Waals surface area contributed by atoms with Crippen molar-refractivity contribution >= 4 is 17.7 Å². The van der Waals surface area contributed by atoms with E-state index in [2.05, 4.69) is 15.3 Å². The fourth-order valence-electron chi connectivity index (χ4n) is 1.23. The van der Waals surface area contributed by atoms with Crippen LogP contribution in [0.1, 0.15) is 6.92 Å². The Kier molecular flexibility index (Phi) is 4.68. The first-order valence-electron chi connectivity index (χ1n) is 5.52. The van der Waals surface area contributed by atoms with E-state index < -0.39 is 0 Å². The molecule has 0 atom stereocenters. The van der Waals surface area contributed by atoms with Crippen LogP contribution in [0.4, 0.5) is 11.8 Å². The van der Waals surface area contributed by atoms with Crippen molar-refractivity contribution < 1.29 is 4.79 Å². The van der Waals surface area contributed by atoms with Gasteiger partial charge in [0.25, 0.3) is 0 Å². The van der Waals surface area contributed by atoms with E-state index in [0.29, 0.717) is 12.5 Å². The Morgan fingerprint density at radius 1 is 1.41 bits per heavy atom. The van der Waals surface area contributed by atoms with Gasteiger partial charge < -0.3 is 15.1 Å². The number of hydrogen-bond donors (Lipinski definition) is 1. The lowest BCUT2D eigenvalue weighted by Crippen LogP contribution is -2.34. The van der Waals surface area contributed by atoms with Crippen LogP contribution in [0, 0.1) is 0 Å². The molecule has 0 aromatic carbocycles. The monoisotopic (exact) mass is 237 g/mol. The molecule has 0 unspecified atom stereocenters. The van der Waals surface area contributed by atoms with E-state index >= 15 is 0 Å². The van der Waals surface area contributed by atoms with E-state index in [9.17, 15) is 4.79 Å². The van der Waals surface area contributed by atoms with Gasteiger partial charge in [-0.15, -0.1) is 0 Å². The Labute approximate surface area is 102 Å². The molecular weight excluding hydrogens is 218 g/mol. The molecule has 0 spiro atoms. The third-order valence-corrected chi connectivity index (χ3v) is 2.24. The smallest absolute Gasteiger partial charge is 0.241 e. The first kappa shape index (κ1) is 13.2. The van der Waals surface area contributed by atoms with Crippen LogP contribution in [0.3, 0.4) is 0 Å². The van der Waals surface area contributed by atoms with E-state index in [1.807, 2.05) is 14.0 Å². The van der Waals surface area contributed by atoms with E-state index in [4.69, 9.17) is 0 Å². The number of carbonyl (C=O) groups is 1. The molecule has 17 heavy (non-hydrogen) atoms. The van der Waals surface area contributed by atoms with Gasteiger partial charge in [-0.3, -0.25) is 4.79 Å². The van der Waals surface area contributed by atoms with Gasteiger partial charge in [0.2, 0.25) is 11.9 Å². The number of rotatable bonds is 5. The minimum absolute atomic E-state index is 0.0381. The third-order valence-electron chi connectivity index (χ3n) is 2.24. The average molecular weight is 237 g/mol. The molecule has 1 amide bonds. The van der Waals surface area contributed by atoms with Crippen molar-refractivity contribution in [1.29, 1.82) is 0 Å². The molecule has 0 fully saturated rings. The lowest BCUT2D eigenvalue weighted by Gasteiger charge is -2.20. The summed E-state index contributed by atoms with van der Waals surface area (Å²) in [4.78, 5) is 23.3. The SMILES string of the molecule is CCNc1nccc(N(C)CC(=O)N(C)C)n1. The molecule has 0 saturated carbocycles. The van der Waals surface area contributed by atoms with Crippen LogP contribution in [0.2, 0.25) is 0 Å². The van der Waals surface area contributed by atoms with Crippen molar-refractivity contribution in [2.45, 2.75) is 6.92 Å². The number of likely N-dealkylation sites (N-methyl/N-ethyl adjacent to an activating group) is 2. The minimum atomic E-state index is 0.0381. The molecule has 0 bridgehead atoms. The molecule has 1 rings (SSSR count). The summed E-state index contributed by atoms with van der Waals surface area (Å²) in [6.07, 6.45) is 1.68. The molecule has 6 heteroatoms. The van der Waals surface area contributed by atoms with Crippen LogP contribution in [0.5, 0.6) is 0 Å². The molecule has 0 saturated heterocycles. The third kappa shape index (κ3) is 3.90. The summed E-state index contributed by atoms with van der Waals surface area (Å²) in [6, 6.07) is 1.78. The summed E-state index contributed by atoms with van der Waals surface area (Å²) in [5, 5.41) is 3.03. The summed E-state index contributed by atoms with van der Waals surface area (Å²) in [6.45, 7) is 3.05. The van der Waals surface area contributed by atoms with Gasteiger partial charge in [-0.1, -0.05) is 0 Å². The lowest BCUT2D eigenvalue weighted by molar-refractivity contribution is -0.127. The predicted molar refractivity (Wildman–Crippen MR) is 68.2 cm³/mol. The topological polar surface area (TPSA) is 61.4 Å². The summed E-state index contributed by atoms with van der Waals surface area (Å²) >= 11 is 0. The van der Waals surface area contributed by atoms with Crippen molar-refractivity contribution in [3.8, 4) is 0 Å². The Hall–Kier alpha value is -1.85. The number of nitrogens with one attached hydrogen (secondary N) is 1. The fourth-order valence-corrected chi connectivity index (χ4v) is 1.23. The van der Waals surface area contributed by atoms with E-state index in [-0.39, 0.29) is 5.91 Å². The molecule has 1 aromatic rings. The van der Waals surface area contributed by atoms with E-state index in [0.717, 1.165) is 12.4 Å². The van der Waals surface area contributed by atoms with E-state index in [1.54, 1.807) is 36.2 Å². The van der Waals surface area contributed by atoms with Gasteiger partial charge in [0.15, 0.2) is 0 Å². The fraction of sp³-hybridized carbons (Fsp3) is 0.545. The molecular formula is C11H19N5O. The highest BCUT2D eigenvalue weighted by atomic mass is 16.2. The molecule has 1 heterocycles. The van der Waals surface area contributed by atoms with Gasteiger partial charge in [0.05, 0.1) is 6.54 Å². The Morgan fingerprint density at radius 2 is 2.12 bits per heavy atom. The number of hydrogen-bond acceptors (Lipinski definition) is 5. The largest absolute Gasteiger partial charge is 0.354 e. The molecule has 0 aliphatic heterocycles. The zero-order valence-electron chi connectivity index (χ0n) is 10.8. The highest BCUT2D eigenvalue weighted by Gasteiger charge is 2.10. The van der Waals surface area contributed by atoms with Gasteiger partial charge in [0.1, 0.15) is 5.82 Å². The molecule has 0 aliphatic carbocycles. The Balaban J connectivity index is 2.71. The van der Waals surface area contributed by atoms with Gasteiger partial charge in [-0.2, -0.15) is 4.98 Å². The van der Waals surface area contributed by atoms with Gasteiger partial charge in [-0.25, -0.2) is 4.98 Å². The first-order valence-corrected chi connectivity index (χ1v) is 5.52. The number of anilines is 2. The summed E-state index contributed by atoms with van der Waals surface area (Å²) in [5.74, 6) is 1.34. The maximum atomic E-state index is 11.6. The summed E-state index contributed by atoms with van der Waals surface area (Å²) in [5.41, 5.74) is 0. The standard InChI is InChI=1S/C11H19N5O/c1-5-12-11-13-7-6-9(14-11)16(4)8-10(17)15(2)3/h6-7H,5,8H2,1-4H3,(H,12,13,14). The van der Waals surface area contributed by atoms with Gasteiger partial charge in [0, 0.05) is 33.9 Å². The van der Waals surface area contributed by atoms with Crippen molar-refractivity contribution in [2.24, 2.45) is 0 Å². The quantitative estimate of drug-likeness (QED) is 0.805. The van der Waals surface area contributed by atoms with Crippen molar-refractivity contribution in [3.63, 3.8) is 0 Å². The Bertz CT molecular complexity index is 380. The normalized spacial score (nSPS) is 9.88. The first-order chi connectivity index (χ1) is 8.04. The molecule has 1 aromatic heterocycles. The van der Waals surface area contributed by atoms with E-state index in [1.165, 1.54) is 0 Å². The zero-order valence-corrected chi connectivity index (χ0v) is 10.8. The maximum absolute atomic E-state index is 11.6. The second kappa shape index (κ2) is 6.03. The highest BCUT2D eigenvalue weighted by molar-refractivity contribution is 5.80. The number of amides is 1. The van der Waals surface area contributed by atoms with Crippen LogP contribution >= 0.6 is 0 Å². The van der Waals surface area contributed by atoms with Crippen LogP contribution in [-0.2, 0) is 4.79 Å². The van der Waals surface area contributed by atoms with Crippen LogP contribution in [-0.4, -0.2) is 55.0 Å². The molecule has 0 aliphatic rings. The van der Waals surface area contributed by atoms with Crippen molar-refractivity contribution in [1.82, 2.24) is 14.9 Å². The number of aromatic nitrogens is 2. The second-order valence-corrected chi connectivity index (χ2v) is 3.91. The minimum Gasteiger partial charge on any atom is -0.354 e. The van der Waals surface area contributed by atoms with Crippen LogP contribution < -0.4 is 10.2 Å². The summed E-state index contributed by atoms with van der Waals surface area (Å²) < 4.78 is 0. The van der Waals surface area contributed by atoms with Gasteiger partial charge >= 0.3 is 0 Å². The molecule has 1 N–H and O–H groups in total. The van der Waals surface area contributed by atoms with Crippen LogP contribution in [0.15, 0.2) is 12.3 Å². The predicted octanol–water partition coefficient (Wildman–Crippen LogP) is 0.433. The molecule has 6 nitrogen and oxygen atoms in total. The number of carbonyl (C=O) groups excluding carboxylic acids is 1. The molecule has 0 radical (unpaired) electrons. The maximum Gasteiger partial charge on any atom is 0.241 e. The van der Waals surface area contributed by atoms with Crippen LogP contribution in [0.25, 0.3) is 0 Å². The van der Waals surface area contributed by atoms with Crippen molar-refractivity contribution in [2.75, 3.05) is 44.4 Å². The average Bonchev–Trinajstić information content (AvgIpc) is 2.29. The highest BCUT2D eigenvalue weighted by Crippen LogP contribution is 2.09. The second-order valence-electron chi connectivity index (χ2n) is 3.91. The lowest BCUT2D eigenvalue weighted by atomic mass is 10.4. The zero-order chi connectivity index (χ0) is 12.8. The number of nitrogens with zero attached hydrogens (tertiary/aromatic N) is 4. The summed E-state index contributed by atoms with van der Waals surface area (Å²) in [7, 11) is 5.31. The van der Waals surface area contributed by atoms with Crippen molar-refractivity contribution in [3.05, 3.63) is 12.3 Å².